The summed E-state index contributed by atoms with van der Waals surface area (Å²) in [5.41, 5.74) is 0. The van der Waals surface area contributed by atoms with Gasteiger partial charge in [0.15, 0.2) is 0 Å². The van der Waals surface area contributed by atoms with Crippen LogP contribution in [0.1, 0.15) is 0 Å². The van der Waals surface area contributed by atoms with Crippen molar-refractivity contribution in [2.45, 2.75) is 0 Å². The van der Waals surface area contributed by atoms with Crippen LogP contribution in [0.15, 0.2) is 12.4 Å². The molecule has 0 aliphatic heterocycles. The summed E-state index contributed by atoms with van der Waals surface area (Å²) >= 11 is -3.29. The van der Waals surface area contributed by atoms with Gasteiger partial charge in [-0.2, -0.15) is 0 Å². The summed E-state index contributed by atoms with van der Waals surface area (Å²) in [6, 6.07) is 0. The molecule has 0 fully saturated rings. The third-order valence-corrected chi connectivity index (χ3v) is 0.331. The SMILES string of the molecule is [Cl][Sn]([Cl])([Cl])[Cl].c1c[nH]nn1. The molecule has 3 nitrogen and oxygen atoms in total. The molecule has 1 aromatic rings. The molecular formula is C2H3Cl4N3Sn. The van der Waals surface area contributed by atoms with Crippen molar-refractivity contribution in [3.8, 4) is 0 Å². The molecule has 58 valence electrons. The zero-order valence-corrected chi connectivity index (χ0v) is 10.4. The molecule has 0 atom stereocenters. The van der Waals surface area contributed by atoms with Gasteiger partial charge in [0.1, 0.15) is 0 Å². The number of aromatic nitrogens is 3. The first-order valence-electron chi connectivity index (χ1n) is 2.06. The fourth-order valence-electron chi connectivity index (χ4n) is 0.167. The van der Waals surface area contributed by atoms with Crippen LogP contribution < -0.4 is 0 Å². The van der Waals surface area contributed by atoms with Crippen LogP contribution in [0.4, 0.5) is 0 Å². The van der Waals surface area contributed by atoms with Crippen molar-refractivity contribution in [2.24, 2.45) is 0 Å². The zero-order chi connectivity index (χ0) is 8.04. The third-order valence-electron chi connectivity index (χ3n) is 0.331. The smallest absolute Gasteiger partial charge is 0.0690 e. The molecule has 0 unspecified atom stereocenters. The summed E-state index contributed by atoms with van der Waals surface area (Å²) in [6.07, 6.45) is 3.24. The van der Waals surface area contributed by atoms with E-state index in [0.717, 1.165) is 0 Å². The second-order valence-electron chi connectivity index (χ2n) is 1.09. The van der Waals surface area contributed by atoms with E-state index in [1.807, 2.05) is 0 Å². The van der Waals surface area contributed by atoms with E-state index in [2.05, 4.69) is 15.4 Å². The summed E-state index contributed by atoms with van der Waals surface area (Å²) in [5.74, 6) is 0. The Hall–Kier alpha value is 1.10. The van der Waals surface area contributed by atoms with Crippen LogP contribution in [0.2, 0.25) is 0 Å². The quantitative estimate of drug-likeness (QED) is 0.741. The molecule has 8 heteroatoms. The zero-order valence-electron chi connectivity index (χ0n) is 4.56. The molecular weight excluding hydrogens is 327 g/mol. The van der Waals surface area contributed by atoms with Crippen LogP contribution in [0, 0.1) is 0 Å². The number of H-pyrrole nitrogens is 1. The number of nitrogens with one attached hydrogen (secondary N) is 1. The minimum atomic E-state index is -3.29. The van der Waals surface area contributed by atoms with Crippen molar-refractivity contribution < 1.29 is 0 Å². The Bertz CT molecular complexity index is 125. The van der Waals surface area contributed by atoms with Gasteiger partial charge in [-0.1, -0.05) is 5.21 Å². The molecule has 0 aliphatic carbocycles. The minimum Gasteiger partial charge on any atom is -0.266 e. The fraction of sp³-hybridized carbons (Fsp3) is 0. The maximum absolute atomic E-state index is 5.04. The molecule has 1 N–H and O–H groups in total. The summed E-state index contributed by atoms with van der Waals surface area (Å²) in [6.45, 7) is 0. The molecule has 0 radical (unpaired) electrons. The minimum absolute atomic E-state index is 1.58. The van der Waals surface area contributed by atoms with Crippen LogP contribution in [0.5, 0.6) is 0 Å². The van der Waals surface area contributed by atoms with Gasteiger partial charge in [-0.25, -0.2) is 0 Å². The number of aromatic amines is 1. The van der Waals surface area contributed by atoms with Crippen LogP contribution in [-0.4, -0.2) is 29.3 Å². The molecule has 0 aliphatic rings. The standard InChI is InChI=1S/C2H3N3.4ClH.Sn/c1-2-4-5-3-1;;;;;/h1-2H,(H,3,4,5);4*1H;/q;;;;;+4/p-4. The summed E-state index contributed by atoms with van der Waals surface area (Å²) in [5, 5.41) is 9.26. The molecule has 1 aromatic heterocycles. The van der Waals surface area contributed by atoms with Gasteiger partial charge in [-0.15, -0.1) is 5.10 Å². The van der Waals surface area contributed by atoms with Crippen LogP contribution in [0.3, 0.4) is 0 Å². The number of hydrogen-bond acceptors (Lipinski definition) is 2. The fourth-order valence-corrected chi connectivity index (χ4v) is 0.167. The molecule has 0 bridgehead atoms. The Labute approximate surface area is 76.7 Å². The monoisotopic (exact) mass is 329 g/mol. The largest absolute Gasteiger partial charge is 0.266 e. The van der Waals surface area contributed by atoms with Gasteiger partial charge in [0.05, 0.1) is 6.20 Å². The normalized spacial score (nSPS) is 10.0. The first kappa shape index (κ1) is 11.1. The third kappa shape index (κ3) is 16.0. The molecule has 0 amide bonds. The van der Waals surface area contributed by atoms with Crippen molar-refractivity contribution in [1.29, 1.82) is 0 Å². The van der Waals surface area contributed by atoms with Crippen molar-refractivity contribution in [2.75, 3.05) is 0 Å². The molecule has 0 aromatic carbocycles. The second-order valence-corrected chi connectivity index (χ2v) is 26.5. The molecule has 1 heterocycles. The van der Waals surface area contributed by atoms with Gasteiger partial charge in [0.25, 0.3) is 0 Å². The van der Waals surface area contributed by atoms with Crippen LogP contribution in [-0.2, 0) is 0 Å². The Kier molecular flexibility index (Phi) is 6.34. The van der Waals surface area contributed by atoms with Crippen molar-refractivity contribution in [3.63, 3.8) is 0 Å². The Morgan fingerprint density at radius 3 is 1.80 bits per heavy atom. The molecule has 10 heavy (non-hydrogen) atoms. The first-order valence-corrected chi connectivity index (χ1v) is 16.5. The molecule has 1 rings (SSSR count). The summed E-state index contributed by atoms with van der Waals surface area (Å²) < 4.78 is 0. The Morgan fingerprint density at radius 2 is 1.70 bits per heavy atom. The maximum Gasteiger partial charge on any atom is 0.0690 e. The predicted octanol–water partition coefficient (Wildman–Crippen LogP) is 2.18. The van der Waals surface area contributed by atoms with E-state index < -0.39 is 13.9 Å². The second kappa shape index (κ2) is 5.71. The van der Waals surface area contributed by atoms with Crippen molar-refractivity contribution >= 4 is 49.6 Å². The van der Waals surface area contributed by atoms with Crippen molar-refractivity contribution in [3.05, 3.63) is 12.4 Å². The average Bonchev–Trinajstić information content (AvgIpc) is 2.07. The van der Waals surface area contributed by atoms with E-state index in [4.69, 9.17) is 35.7 Å². The van der Waals surface area contributed by atoms with E-state index in [1.165, 1.54) is 0 Å². The van der Waals surface area contributed by atoms with Gasteiger partial charge >= 0.3 is 49.6 Å². The van der Waals surface area contributed by atoms with E-state index >= 15 is 0 Å². The van der Waals surface area contributed by atoms with E-state index in [0.29, 0.717) is 0 Å². The number of nitrogens with zero attached hydrogens (tertiary/aromatic N) is 2. The Morgan fingerprint density at radius 1 is 1.20 bits per heavy atom. The summed E-state index contributed by atoms with van der Waals surface area (Å²) in [7, 11) is 20.1. The van der Waals surface area contributed by atoms with E-state index in [1.54, 1.807) is 12.4 Å². The first-order chi connectivity index (χ1) is 4.50. The van der Waals surface area contributed by atoms with Gasteiger partial charge < -0.3 is 0 Å². The maximum atomic E-state index is 5.04. The van der Waals surface area contributed by atoms with Crippen LogP contribution in [0.25, 0.3) is 0 Å². The van der Waals surface area contributed by atoms with Gasteiger partial charge in [-0.05, 0) is 0 Å². The predicted molar refractivity (Wildman–Crippen MR) is 45.5 cm³/mol. The van der Waals surface area contributed by atoms with Crippen molar-refractivity contribution in [1.82, 2.24) is 15.4 Å². The van der Waals surface area contributed by atoms with Gasteiger partial charge in [-0.3, -0.25) is 5.10 Å². The molecule has 0 saturated carbocycles. The topological polar surface area (TPSA) is 41.6 Å². The molecule has 0 saturated heterocycles. The van der Waals surface area contributed by atoms with E-state index in [-0.39, 0.29) is 0 Å². The number of rotatable bonds is 0. The summed E-state index contributed by atoms with van der Waals surface area (Å²) in [4.78, 5) is 0. The van der Waals surface area contributed by atoms with Gasteiger partial charge in [0.2, 0.25) is 0 Å². The number of hydrogen-bond donors (Lipinski definition) is 1. The number of halogens is 4. The van der Waals surface area contributed by atoms with Crippen LogP contribution >= 0.6 is 35.7 Å². The molecule has 0 spiro atoms. The average molecular weight is 330 g/mol. The Balaban J connectivity index is 0.000000162. The van der Waals surface area contributed by atoms with Gasteiger partial charge in [0, 0.05) is 6.20 Å². The van der Waals surface area contributed by atoms with E-state index in [9.17, 15) is 0 Å².